The number of methoxy groups -OCH3 is 1. The molecule has 0 N–H and O–H groups in total. The number of ether oxygens (including phenoxy) is 1. The molecule has 3 aromatic carbocycles. The van der Waals surface area contributed by atoms with Gasteiger partial charge in [0.1, 0.15) is 23.2 Å². The van der Waals surface area contributed by atoms with E-state index in [1.165, 1.54) is 36.0 Å². The number of benzene rings is 3. The van der Waals surface area contributed by atoms with Crippen molar-refractivity contribution in [2.75, 3.05) is 34.8 Å². The van der Waals surface area contributed by atoms with Crippen LogP contribution < -0.4 is 4.74 Å². The Kier molecular flexibility index (Phi) is 10.0. The molecule has 0 aliphatic rings. The molecule has 0 aliphatic carbocycles. The maximum Gasteiger partial charge on any atom is 0.173 e. The van der Waals surface area contributed by atoms with E-state index in [9.17, 15) is 4.39 Å². The molecule has 0 bridgehead atoms. The zero-order valence-corrected chi connectivity index (χ0v) is 26.6. The average Bonchev–Trinajstić information content (AvgIpc) is 3.35. The largest absolute Gasteiger partial charge is 0.495 e. The Balaban J connectivity index is 1.62. The van der Waals surface area contributed by atoms with Crippen LogP contribution in [0.3, 0.4) is 0 Å². The fourth-order valence-electron chi connectivity index (χ4n) is 4.90. The molecule has 0 aliphatic heterocycles. The molecule has 0 amide bonds. The van der Waals surface area contributed by atoms with E-state index in [-0.39, 0.29) is 17.1 Å². The van der Waals surface area contributed by atoms with Gasteiger partial charge in [-0.2, -0.15) is 0 Å². The molecule has 0 atom stereocenters. The Labute approximate surface area is 256 Å². The molecule has 9 heteroatoms. The highest BCUT2D eigenvalue weighted by molar-refractivity contribution is 7.98. The molecule has 4 aromatic rings. The van der Waals surface area contributed by atoms with Crippen molar-refractivity contribution in [1.29, 1.82) is 0 Å². The SMILES string of the molecule is COc1cc(C(C)(C)c2cnc(SCc3c(F)cc(CCCC[N+](C)(C)C)cc3F)n2-c2ccc(F)cc2)ccc1Cl. The van der Waals surface area contributed by atoms with Crippen LogP contribution in [0.25, 0.3) is 5.69 Å². The van der Waals surface area contributed by atoms with Gasteiger partial charge in [-0.25, -0.2) is 18.2 Å². The molecular formula is C33H38ClF3N3OS+. The minimum Gasteiger partial charge on any atom is -0.495 e. The summed E-state index contributed by atoms with van der Waals surface area (Å²) < 4.78 is 52.4. The lowest BCUT2D eigenvalue weighted by molar-refractivity contribution is -0.870. The predicted octanol–water partition coefficient (Wildman–Crippen LogP) is 8.60. The second-order valence-corrected chi connectivity index (χ2v) is 13.4. The van der Waals surface area contributed by atoms with Crippen LogP contribution in [0.4, 0.5) is 13.2 Å². The fraction of sp³-hybridized carbons (Fsp3) is 0.364. The van der Waals surface area contributed by atoms with E-state index in [2.05, 4.69) is 26.1 Å². The lowest BCUT2D eigenvalue weighted by Gasteiger charge is -2.28. The molecule has 4 nitrogen and oxygen atoms in total. The first-order valence-electron chi connectivity index (χ1n) is 13.9. The van der Waals surface area contributed by atoms with Crippen LogP contribution in [0.2, 0.25) is 5.02 Å². The Morgan fingerprint density at radius 3 is 2.24 bits per heavy atom. The number of halogens is 4. The van der Waals surface area contributed by atoms with Crippen molar-refractivity contribution >= 4 is 23.4 Å². The number of aromatic nitrogens is 2. The van der Waals surface area contributed by atoms with Crippen LogP contribution >= 0.6 is 23.4 Å². The standard InChI is InChI=1S/C33H38ClF3N3OS/c1-33(2,23-10-15-27(34)30(19-23)41-6)31-20-38-32(39(31)25-13-11-24(35)12-14-25)42-21-26-28(36)17-22(18-29(26)37)9-7-8-16-40(3,4)5/h10-15,17-20H,7-9,16,21H2,1-6H3/q+1. The third-order valence-corrected chi connectivity index (χ3v) is 8.71. The molecular weight excluding hydrogens is 579 g/mol. The van der Waals surface area contributed by atoms with Crippen LogP contribution in [0.1, 0.15) is 49.1 Å². The number of quaternary nitrogens is 1. The first-order valence-corrected chi connectivity index (χ1v) is 15.2. The van der Waals surface area contributed by atoms with Crippen molar-refractivity contribution in [1.82, 2.24) is 9.55 Å². The van der Waals surface area contributed by atoms with Gasteiger partial charge in [0.25, 0.3) is 0 Å². The zero-order valence-electron chi connectivity index (χ0n) is 25.0. The van der Waals surface area contributed by atoms with E-state index < -0.39 is 17.0 Å². The molecule has 0 fully saturated rings. The zero-order chi connectivity index (χ0) is 30.7. The number of aryl methyl sites for hydroxylation is 1. The van der Waals surface area contributed by atoms with E-state index in [1.807, 2.05) is 30.5 Å². The second kappa shape index (κ2) is 13.1. The molecule has 42 heavy (non-hydrogen) atoms. The van der Waals surface area contributed by atoms with Gasteiger partial charge >= 0.3 is 0 Å². The predicted molar refractivity (Wildman–Crippen MR) is 165 cm³/mol. The van der Waals surface area contributed by atoms with Gasteiger partial charge in [0.15, 0.2) is 5.16 Å². The van der Waals surface area contributed by atoms with Gasteiger partial charge in [0.05, 0.1) is 51.7 Å². The van der Waals surface area contributed by atoms with Crippen molar-refractivity contribution in [3.05, 3.63) is 106 Å². The van der Waals surface area contributed by atoms with Gasteiger partial charge in [-0.15, -0.1) is 0 Å². The van der Waals surface area contributed by atoms with Crippen molar-refractivity contribution in [2.45, 2.75) is 49.4 Å². The monoisotopic (exact) mass is 616 g/mol. The molecule has 0 spiro atoms. The number of thioether (sulfide) groups is 1. The summed E-state index contributed by atoms with van der Waals surface area (Å²) >= 11 is 7.51. The minimum absolute atomic E-state index is 0.00649. The Morgan fingerprint density at radius 1 is 0.952 bits per heavy atom. The van der Waals surface area contributed by atoms with Crippen molar-refractivity contribution in [2.24, 2.45) is 0 Å². The van der Waals surface area contributed by atoms with Crippen LogP contribution in [0, 0.1) is 17.5 Å². The first-order chi connectivity index (χ1) is 19.8. The van der Waals surface area contributed by atoms with Crippen molar-refractivity contribution < 1.29 is 22.4 Å². The third-order valence-electron chi connectivity index (χ3n) is 7.42. The highest BCUT2D eigenvalue weighted by Crippen LogP contribution is 2.39. The molecule has 0 saturated heterocycles. The Morgan fingerprint density at radius 2 is 1.62 bits per heavy atom. The molecule has 4 rings (SSSR count). The summed E-state index contributed by atoms with van der Waals surface area (Å²) in [5.74, 6) is -0.882. The molecule has 0 radical (unpaired) electrons. The topological polar surface area (TPSA) is 27.1 Å². The normalized spacial score (nSPS) is 12.1. The summed E-state index contributed by atoms with van der Waals surface area (Å²) in [7, 11) is 7.95. The molecule has 224 valence electrons. The fourth-order valence-corrected chi connectivity index (χ4v) is 6.11. The number of imidazole rings is 1. The maximum atomic E-state index is 15.2. The van der Waals surface area contributed by atoms with E-state index in [1.54, 1.807) is 31.5 Å². The lowest BCUT2D eigenvalue weighted by Crippen LogP contribution is -2.35. The van der Waals surface area contributed by atoms with E-state index in [0.717, 1.165) is 35.1 Å². The van der Waals surface area contributed by atoms with Crippen LogP contribution in [-0.2, 0) is 17.6 Å². The van der Waals surface area contributed by atoms with E-state index in [0.29, 0.717) is 33.6 Å². The van der Waals surface area contributed by atoms with Crippen LogP contribution in [-0.4, -0.2) is 48.8 Å². The molecule has 1 aromatic heterocycles. The van der Waals surface area contributed by atoms with Crippen LogP contribution in [0.5, 0.6) is 5.75 Å². The lowest BCUT2D eigenvalue weighted by atomic mass is 9.81. The van der Waals surface area contributed by atoms with Gasteiger partial charge in [-0.1, -0.05) is 43.3 Å². The van der Waals surface area contributed by atoms with E-state index >= 15 is 8.78 Å². The minimum atomic E-state index is -0.581. The highest BCUT2D eigenvalue weighted by atomic mass is 35.5. The quantitative estimate of drug-likeness (QED) is 0.0906. The number of hydrogen-bond acceptors (Lipinski definition) is 3. The smallest absolute Gasteiger partial charge is 0.173 e. The number of unbranched alkanes of at least 4 members (excludes halogenated alkanes) is 1. The molecule has 0 unspecified atom stereocenters. The summed E-state index contributed by atoms with van der Waals surface area (Å²) in [4.78, 5) is 4.66. The number of rotatable bonds is 12. The second-order valence-electron chi connectivity index (χ2n) is 12.0. The Bertz CT molecular complexity index is 1510. The van der Waals surface area contributed by atoms with Crippen molar-refractivity contribution in [3.63, 3.8) is 0 Å². The van der Waals surface area contributed by atoms with Gasteiger partial charge in [-0.05, 0) is 78.9 Å². The van der Waals surface area contributed by atoms with Gasteiger partial charge in [0.2, 0.25) is 0 Å². The summed E-state index contributed by atoms with van der Waals surface area (Å²) in [6, 6.07) is 14.6. The summed E-state index contributed by atoms with van der Waals surface area (Å²) in [5, 5.41) is 1.04. The summed E-state index contributed by atoms with van der Waals surface area (Å²) in [6.45, 7) is 5.09. The summed E-state index contributed by atoms with van der Waals surface area (Å²) in [5.41, 5.74) is 2.51. The van der Waals surface area contributed by atoms with E-state index in [4.69, 9.17) is 16.3 Å². The van der Waals surface area contributed by atoms with Crippen molar-refractivity contribution in [3.8, 4) is 11.4 Å². The number of nitrogens with zero attached hydrogens (tertiary/aromatic N) is 3. The van der Waals surface area contributed by atoms with Gasteiger partial charge in [-0.3, -0.25) is 4.57 Å². The Hall–Kier alpha value is -2.94. The van der Waals surface area contributed by atoms with Crippen LogP contribution in [0.15, 0.2) is 66.0 Å². The molecule has 1 heterocycles. The molecule has 0 saturated carbocycles. The summed E-state index contributed by atoms with van der Waals surface area (Å²) in [6.07, 6.45) is 4.23. The highest BCUT2D eigenvalue weighted by Gasteiger charge is 2.30. The van der Waals surface area contributed by atoms with Gasteiger partial charge in [0, 0.05) is 22.4 Å². The average molecular weight is 617 g/mol. The first kappa shape index (κ1) is 32.0. The third kappa shape index (κ3) is 7.52. The number of hydrogen-bond donors (Lipinski definition) is 0. The van der Waals surface area contributed by atoms with Gasteiger partial charge < -0.3 is 9.22 Å². The maximum absolute atomic E-state index is 15.2.